The van der Waals surface area contributed by atoms with Gasteiger partial charge < -0.3 is 20.2 Å². The summed E-state index contributed by atoms with van der Waals surface area (Å²) in [6, 6.07) is 0. The first-order valence-corrected chi connectivity index (χ1v) is 19.7. The third-order valence-corrected chi connectivity index (χ3v) is 15.3. The van der Waals surface area contributed by atoms with Gasteiger partial charge in [-0.05, 0) is 96.2 Å². The van der Waals surface area contributed by atoms with Gasteiger partial charge in [-0.1, -0.05) is 61.8 Å². The van der Waals surface area contributed by atoms with E-state index in [0.29, 0.717) is 24.7 Å². The molecule has 4 saturated carbocycles. The van der Waals surface area contributed by atoms with Crippen molar-refractivity contribution < 1.29 is 51.0 Å². The second-order valence-corrected chi connectivity index (χ2v) is 18.7. The SMILES string of the molecule is CCC[C@@](C)(C[C@@H]1[C@@H](OP(=O)(O)OC)[C@H]2[C@@H]3[C@@H](O)[C@@H](O)[C@H]4[C@@H](O)[C@H](OS(=O)(=O)O)CC[C@]4(C)[C@H]3CC[C@]2(C)[C@H]1C)[C@@H](C)C(C)C. The fourth-order valence-corrected chi connectivity index (χ4v) is 12.3. The number of aliphatic hydroxyl groups excluding tert-OH is 3. The topological polar surface area (TPSA) is 180 Å². The molecule has 4 fully saturated rings. The molecule has 0 aromatic rings. The van der Waals surface area contributed by atoms with E-state index in [1.165, 1.54) is 0 Å². The first kappa shape index (κ1) is 37.7. The first-order valence-electron chi connectivity index (χ1n) is 16.9. The highest BCUT2D eigenvalue weighted by atomic mass is 32.3. The average Bonchev–Trinajstić information content (AvgIpc) is 3.13. The van der Waals surface area contributed by atoms with Crippen molar-refractivity contribution in [2.24, 2.45) is 63.6 Å². The van der Waals surface area contributed by atoms with Crippen LogP contribution >= 0.6 is 7.82 Å². The van der Waals surface area contributed by atoms with Crippen molar-refractivity contribution in [2.45, 2.75) is 131 Å². The molecule has 1 unspecified atom stereocenters. The minimum absolute atomic E-state index is 0.0696. The van der Waals surface area contributed by atoms with Crippen LogP contribution < -0.4 is 0 Å². The van der Waals surface area contributed by atoms with Crippen LogP contribution in [0.15, 0.2) is 0 Å². The summed E-state index contributed by atoms with van der Waals surface area (Å²) < 4.78 is 61.5. The summed E-state index contributed by atoms with van der Waals surface area (Å²) in [5.74, 6) is -1.25. The Morgan fingerprint density at radius 3 is 2.13 bits per heavy atom. The van der Waals surface area contributed by atoms with E-state index < -0.39 is 71.9 Å². The van der Waals surface area contributed by atoms with Gasteiger partial charge in [-0.2, -0.15) is 8.42 Å². The van der Waals surface area contributed by atoms with Gasteiger partial charge >= 0.3 is 18.2 Å². The Kier molecular flexibility index (Phi) is 10.8. The molecule has 0 spiro atoms. The molecule has 4 rings (SSSR count). The standard InChI is InChI=1S/C32H59O11PS/c1-10-13-30(6,18(4)17(2)3)16-20-19(5)31(7)14-11-21-23(24(31)29(20)42-44(36,37)41-9)27(34)28(35)25-26(33)22(43-45(38,39)40)12-15-32(21,25)8/h17-29,33-35H,10-16H2,1-9H3,(H,36,37)(H,38,39,40)/t18-,19-,20-,21-,22+,23+,24+,25+,26-,27+,28-,29+,30-,31+,32+/m0/s1. The zero-order valence-electron chi connectivity index (χ0n) is 28.5. The third-order valence-electron chi connectivity index (χ3n) is 13.9. The molecule has 0 aliphatic heterocycles. The van der Waals surface area contributed by atoms with Crippen LogP contribution in [0.1, 0.15) is 100 Å². The van der Waals surface area contributed by atoms with Gasteiger partial charge in [0.05, 0.1) is 24.4 Å². The Bertz CT molecular complexity index is 1220. The predicted molar refractivity (Wildman–Crippen MR) is 169 cm³/mol. The number of aliphatic hydroxyl groups is 3. The number of hydrogen-bond acceptors (Lipinski definition) is 9. The Labute approximate surface area is 270 Å². The van der Waals surface area contributed by atoms with E-state index in [4.69, 9.17) is 13.2 Å². The summed E-state index contributed by atoms with van der Waals surface area (Å²) in [6.07, 6.45) is -1.41. The lowest BCUT2D eigenvalue weighted by atomic mass is 9.43. The first-order chi connectivity index (χ1) is 20.6. The van der Waals surface area contributed by atoms with Crippen LogP contribution in [0.2, 0.25) is 0 Å². The summed E-state index contributed by atoms with van der Waals surface area (Å²) in [6.45, 7) is 17.6. The Morgan fingerprint density at radius 2 is 1.60 bits per heavy atom. The highest BCUT2D eigenvalue weighted by Gasteiger charge is 2.70. The Hall–Kier alpha value is -0.140. The maximum Gasteiger partial charge on any atom is 0.472 e. The molecule has 13 heteroatoms. The molecule has 264 valence electrons. The zero-order valence-corrected chi connectivity index (χ0v) is 30.2. The molecule has 16 atom stereocenters. The summed E-state index contributed by atoms with van der Waals surface area (Å²) >= 11 is 0. The van der Waals surface area contributed by atoms with Crippen LogP contribution in [0, 0.1) is 63.6 Å². The van der Waals surface area contributed by atoms with Gasteiger partial charge in [0.15, 0.2) is 0 Å². The highest BCUT2D eigenvalue weighted by Crippen LogP contribution is 2.71. The van der Waals surface area contributed by atoms with E-state index >= 15 is 0 Å². The van der Waals surface area contributed by atoms with Crippen molar-refractivity contribution in [3.8, 4) is 0 Å². The Morgan fingerprint density at radius 1 is 1.00 bits per heavy atom. The third kappa shape index (κ3) is 6.61. The van der Waals surface area contributed by atoms with Crippen LogP contribution in [-0.2, 0) is 28.2 Å². The predicted octanol–water partition coefficient (Wildman–Crippen LogP) is 5.22. The summed E-state index contributed by atoms with van der Waals surface area (Å²) in [7, 11) is -8.14. The average molecular weight is 683 g/mol. The molecule has 5 N–H and O–H groups in total. The van der Waals surface area contributed by atoms with Crippen LogP contribution in [0.5, 0.6) is 0 Å². The van der Waals surface area contributed by atoms with Crippen LogP contribution in [-0.4, -0.2) is 70.8 Å². The monoisotopic (exact) mass is 682 g/mol. The molecule has 0 saturated heterocycles. The van der Waals surface area contributed by atoms with Crippen molar-refractivity contribution in [1.82, 2.24) is 0 Å². The van der Waals surface area contributed by atoms with E-state index in [1.807, 2.05) is 6.92 Å². The summed E-state index contributed by atoms with van der Waals surface area (Å²) in [5, 5.41) is 35.0. The van der Waals surface area contributed by atoms with Gasteiger partial charge in [0.2, 0.25) is 0 Å². The normalized spacial score (nSPS) is 46.9. The van der Waals surface area contributed by atoms with Gasteiger partial charge in [0.25, 0.3) is 0 Å². The molecule has 0 aromatic carbocycles. The quantitative estimate of drug-likeness (QED) is 0.142. The molecule has 0 radical (unpaired) electrons. The van der Waals surface area contributed by atoms with Crippen LogP contribution in [0.3, 0.4) is 0 Å². The van der Waals surface area contributed by atoms with Crippen molar-refractivity contribution >= 4 is 18.2 Å². The van der Waals surface area contributed by atoms with Crippen LogP contribution in [0.4, 0.5) is 0 Å². The maximum absolute atomic E-state index is 13.2. The molecule has 4 aliphatic rings. The number of phosphoric ester groups is 1. The van der Waals surface area contributed by atoms with Crippen molar-refractivity contribution in [3.63, 3.8) is 0 Å². The van der Waals surface area contributed by atoms with E-state index in [2.05, 4.69) is 48.5 Å². The second kappa shape index (κ2) is 13.0. The minimum Gasteiger partial charge on any atom is -0.390 e. The largest absolute Gasteiger partial charge is 0.472 e. The second-order valence-electron chi connectivity index (χ2n) is 16.2. The smallest absolute Gasteiger partial charge is 0.390 e. The van der Waals surface area contributed by atoms with Crippen molar-refractivity contribution in [3.05, 3.63) is 0 Å². The van der Waals surface area contributed by atoms with Gasteiger partial charge in [0.1, 0.15) is 6.10 Å². The molecule has 45 heavy (non-hydrogen) atoms. The van der Waals surface area contributed by atoms with E-state index in [-0.39, 0.29) is 35.0 Å². The van der Waals surface area contributed by atoms with Gasteiger partial charge in [-0.15, -0.1) is 0 Å². The molecular weight excluding hydrogens is 623 g/mol. The number of hydrogen-bond donors (Lipinski definition) is 5. The molecule has 4 aliphatic carbocycles. The Balaban J connectivity index is 1.80. The molecule has 0 aromatic heterocycles. The molecule has 0 heterocycles. The molecular formula is C32H59O11PS. The summed E-state index contributed by atoms with van der Waals surface area (Å²) in [5.41, 5.74) is -1.16. The lowest BCUT2D eigenvalue weighted by Crippen LogP contribution is -2.68. The van der Waals surface area contributed by atoms with Gasteiger partial charge in [-0.25, -0.2) is 8.75 Å². The molecule has 11 nitrogen and oxygen atoms in total. The molecule has 0 amide bonds. The molecule has 0 bridgehead atoms. The number of fused-ring (bicyclic) bond motifs is 5. The van der Waals surface area contributed by atoms with E-state index in [9.17, 15) is 37.7 Å². The number of rotatable bonds is 11. The summed E-state index contributed by atoms with van der Waals surface area (Å²) in [4.78, 5) is 10.8. The lowest BCUT2D eigenvalue weighted by molar-refractivity contribution is -0.253. The fraction of sp³-hybridized carbons (Fsp3) is 1.00. The lowest BCUT2D eigenvalue weighted by Gasteiger charge is -2.64. The van der Waals surface area contributed by atoms with Crippen molar-refractivity contribution in [1.29, 1.82) is 0 Å². The van der Waals surface area contributed by atoms with E-state index in [0.717, 1.165) is 32.8 Å². The van der Waals surface area contributed by atoms with Gasteiger partial charge in [-0.3, -0.25) is 13.6 Å². The fourth-order valence-electron chi connectivity index (χ4n) is 11.1. The minimum atomic E-state index is -4.84. The van der Waals surface area contributed by atoms with Crippen molar-refractivity contribution in [2.75, 3.05) is 7.11 Å². The van der Waals surface area contributed by atoms with E-state index in [1.54, 1.807) is 0 Å². The maximum atomic E-state index is 13.2. The van der Waals surface area contributed by atoms with Crippen LogP contribution in [0.25, 0.3) is 0 Å². The zero-order chi connectivity index (χ0) is 34.1. The highest BCUT2D eigenvalue weighted by molar-refractivity contribution is 7.80. The van der Waals surface area contributed by atoms with Gasteiger partial charge in [0, 0.05) is 13.0 Å². The number of phosphoric acid groups is 1.